The van der Waals surface area contributed by atoms with Gasteiger partial charge in [0.25, 0.3) is 0 Å². The van der Waals surface area contributed by atoms with Crippen LogP contribution in [0.25, 0.3) is 22.3 Å². The van der Waals surface area contributed by atoms with E-state index in [0.29, 0.717) is 66.0 Å². The lowest BCUT2D eigenvalue weighted by Gasteiger charge is -2.34. The molecule has 2 fully saturated rings. The second-order valence-electron chi connectivity index (χ2n) is 16.8. The third-order valence-electron chi connectivity index (χ3n) is 12.0. The van der Waals surface area contributed by atoms with Crippen LogP contribution in [0.2, 0.25) is 0 Å². The van der Waals surface area contributed by atoms with Gasteiger partial charge in [0.2, 0.25) is 0 Å². The third kappa shape index (κ3) is 12.5. The average Bonchev–Trinajstić information content (AvgIpc) is 3.24. The molecule has 0 unspecified atom stereocenters. The van der Waals surface area contributed by atoms with Crippen molar-refractivity contribution in [3.05, 3.63) is 101 Å². The van der Waals surface area contributed by atoms with Gasteiger partial charge in [-0.2, -0.15) is 0 Å². The lowest BCUT2D eigenvalue weighted by molar-refractivity contribution is -0.139. The SMILES string of the molecule is C=C(C)C(=O)OCCCc1cc(-c2c(F)cc(C3CCC(CCCCC)CC3)cc2F)cc(CCCOC(=O)C(=C)C)c1-c1ccc(OCC2(CC)COC(=O)OC2)cc1. The molecule has 0 N–H and O–H groups in total. The number of ether oxygens (including phenoxy) is 5. The number of esters is 2. The third-order valence-corrected chi connectivity index (χ3v) is 12.0. The van der Waals surface area contributed by atoms with E-state index >= 15 is 8.78 Å². The Morgan fingerprint density at radius 2 is 1.30 bits per heavy atom. The second kappa shape index (κ2) is 22.0. The zero-order valence-corrected chi connectivity index (χ0v) is 35.9. The van der Waals surface area contributed by atoms with Crippen molar-refractivity contribution >= 4 is 18.1 Å². The van der Waals surface area contributed by atoms with E-state index in [0.717, 1.165) is 47.9 Å². The van der Waals surface area contributed by atoms with Gasteiger partial charge in [-0.3, -0.25) is 0 Å². The zero-order valence-electron chi connectivity index (χ0n) is 35.9. The van der Waals surface area contributed by atoms with Crippen LogP contribution in [0, 0.1) is 23.0 Å². The summed E-state index contributed by atoms with van der Waals surface area (Å²) in [6.45, 7) is 15.7. The van der Waals surface area contributed by atoms with Gasteiger partial charge in [-0.15, -0.1) is 0 Å². The Kier molecular flexibility index (Phi) is 16.9. The van der Waals surface area contributed by atoms with Gasteiger partial charge in [-0.25, -0.2) is 23.2 Å². The molecule has 3 aromatic rings. The number of cyclic esters (lactones) is 2. The Balaban J connectivity index is 1.48. The summed E-state index contributed by atoms with van der Waals surface area (Å²) in [5.41, 5.74) is 4.50. The minimum Gasteiger partial charge on any atom is -0.493 e. The number of hydrogen-bond acceptors (Lipinski definition) is 8. The highest BCUT2D eigenvalue weighted by Gasteiger charge is 2.37. The first-order chi connectivity index (χ1) is 28.8. The molecule has 10 heteroatoms. The highest BCUT2D eigenvalue weighted by atomic mass is 19.1. The molecule has 1 saturated carbocycles. The van der Waals surface area contributed by atoms with E-state index in [1.165, 1.54) is 37.8 Å². The van der Waals surface area contributed by atoms with E-state index in [9.17, 15) is 14.4 Å². The number of halogens is 2. The van der Waals surface area contributed by atoms with E-state index in [2.05, 4.69) is 20.1 Å². The van der Waals surface area contributed by atoms with Gasteiger partial charge >= 0.3 is 18.1 Å². The lowest BCUT2D eigenvalue weighted by atomic mass is 9.76. The molecule has 0 spiro atoms. The van der Waals surface area contributed by atoms with Gasteiger partial charge in [-0.1, -0.05) is 77.0 Å². The minimum absolute atomic E-state index is 0.0885. The van der Waals surface area contributed by atoms with Crippen LogP contribution in [-0.2, 0) is 41.4 Å². The van der Waals surface area contributed by atoms with Crippen molar-refractivity contribution in [1.29, 1.82) is 0 Å². The summed E-state index contributed by atoms with van der Waals surface area (Å²) >= 11 is 0. The second-order valence-corrected chi connectivity index (χ2v) is 16.8. The molecular formula is C50H62F2O8. The smallest absolute Gasteiger partial charge is 0.493 e. The highest BCUT2D eigenvalue weighted by Crippen LogP contribution is 2.42. The fraction of sp³-hybridized carbons (Fsp3) is 0.500. The minimum atomic E-state index is -0.683. The van der Waals surface area contributed by atoms with E-state index in [4.69, 9.17) is 23.7 Å². The van der Waals surface area contributed by atoms with E-state index < -0.39 is 35.1 Å². The van der Waals surface area contributed by atoms with Crippen molar-refractivity contribution in [1.82, 2.24) is 0 Å². The summed E-state index contributed by atoms with van der Waals surface area (Å²) in [6.07, 6.45) is 10.7. The number of rotatable bonds is 21. The molecule has 8 nitrogen and oxygen atoms in total. The van der Waals surface area contributed by atoms with Crippen molar-refractivity contribution in [3.63, 3.8) is 0 Å². The Morgan fingerprint density at radius 3 is 1.80 bits per heavy atom. The van der Waals surface area contributed by atoms with Crippen molar-refractivity contribution in [2.24, 2.45) is 11.3 Å². The van der Waals surface area contributed by atoms with Crippen LogP contribution in [0.3, 0.4) is 0 Å². The Labute approximate surface area is 354 Å². The molecule has 60 heavy (non-hydrogen) atoms. The van der Waals surface area contributed by atoms with E-state index in [-0.39, 0.29) is 44.5 Å². The Bertz CT molecular complexity index is 1890. The Hall–Kier alpha value is -4.99. The normalized spacial score (nSPS) is 17.3. The van der Waals surface area contributed by atoms with Gasteiger partial charge in [0.05, 0.1) is 24.2 Å². The van der Waals surface area contributed by atoms with Gasteiger partial charge in [-0.05, 0) is 141 Å². The van der Waals surface area contributed by atoms with Crippen molar-refractivity contribution in [3.8, 4) is 28.0 Å². The average molecular weight is 829 g/mol. The summed E-state index contributed by atoms with van der Waals surface area (Å²) in [6, 6.07) is 14.3. The summed E-state index contributed by atoms with van der Waals surface area (Å²) in [5.74, 6) is -0.762. The number of benzene rings is 3. The van der Waals surface area contributed by atoms with Crippen molar-refractivity contribution in [2.75, 3.05) is 33.0 Å². The lowest BCUT2D eigenvalue weighted by Crippen LogP contribution is -2.43. The van der Waals surface area contributed by atoms with Crippen LogP contribution in [0.5, 0.6) is 5.75 Å². The maximum Gasteiger partial charge on any atom is 0.508 e. The molecule has 0 radical (unpaired) electrons. The molecule has 0 amide bonds. The number of unbranched alkanes of at least 4 members (excludes halogenated alkanes) is 2. The monoisotopic (exact) mass is 828 g/mol. The molecule has 0 bridgehead atoms. The molecule has 1 aliphatic carbocycles. The maximum atomic E-state index is 16.4. The van der Waals surface area contributed by atoms with E-state index in [1.807, 2.05) is 43.3 Å². The molecule has 5 rings (SSSR count). The van der Waals surface area contributed by atoms with Crippen molar-refractivity contribution < 1.29 is 46.8 Å². The topological polar surface area (TPSA) is 97.4 Å². The largest absolute Gasteiger partial charge is 0.508 e. The maximum absolute atomic E-state index is 16.4. The van der Waals surface area contributed by atoms with Crippen molar-refractivity contribution in [2.45, 2.75) is 117 Å². The molecular weight excluding hydrogens is 767 g/mol. The molecule has 1 heterocycles. The zero-order chi connectivity index (χ0) is 43.2. The summed E-state index contributed by atoms with van der Waals surface area (Å²) in [4.78, 5) is 35.9. The summed E-state index contributed by atoms with van der Waals surface area (Å²) < 4.78 is 60.1. The quantitative estimate of drug-likeness (QED) is 0.0453. The van der Waals surface area contributed by atoms with Crippen LogP contribution >= 0.6 is 0 Å². The number of carbonyl (C=O) groups is 3. The van der Waals surface area contributed by atoms with Gasteiger partial charge in [0, 0.05) is 11.1 Å². The van der Waals surface area contributed by atoms with Crippen LogP contribution in [-0.4, -0.2) is 51.1 Å². The first kappa shape index (κ1) is 46.1. The molecule has 324 valence electrons. The highest BCUT2D eigenvalue weighted by molar-refractivity contribution is 5.87. The fourth-order valence-electron chi connectivity index (χ4n) is 8.20. The van der Waals surface area contributed by atoms with E-state index in [1.54, 1.807) is 13.8 Å². The molecule has 3 aromatic carbocycles. The summed E-state index contributed by atoms with van der Waals surface area (Å²) in [7, 11) is 0. The first-order valence-corrected chi connectivity index (χ1v) is 21.7. The molecule has 1 aliphatic heterocycles. The van der Waals surface area contributed by atoms with Crippen LogP contribution in [0.15, 0.2) is 72.8 Å². The number of aryl methyl sites for hydroxylation is 2. The van der Waals surface area contributed by atoms with Crippen LogP contribution in [0.1, 0.15) is 121 Å². The molecule has 2 aliphatic rings. The summed E-state index contributed by atoms with van der Waals surface area (Å²) in [5, 5.41) is 0. The van der Waals surface area contributed by atoms with Gasteiger partial charge in [0.1, 0.15) is 37.2 Å². The van der Waals surface area contributed by atoms with Crippen LogP contribution < -0.4 is 4.74 Å². The molecule has 0 atom stereocenters. The first-order valence-electron chi connectivity index (χ1n) is 21.7. The van der Waals surface area contributed by atoms with Crippen LogP contribution in [0.4, 0.5) is 13.6 Å². The number of carbonyl (C=O) groups excluding carboxylic acids is 3. The predicted molar refractivity (Wildman–Crippen MR) is 230 cm³/mol. The molecule has 1 saturated heterocycles. The number of hydrogen-bond donors (Lipinski definition) is 0. The standard InChI is InChI=1S/C50H62F2O8/c1-7-9-10-13-35-16-18-36(19-17-35)40-28-43(51)46(44(52)29-40)41-26-38(14-11-24-56-47(53)33(3)4)45(39(27-41)15-12-25-57-48(54)34(5)6)37-20-22-42(23-21-37)58-30-50(8-2)31-59-49(55)60-32-50/h20-23,26-29,35-36H,3,5,7-19,24-25,30-32H2,1-2,4,6H3. The van der Waals surface area contributed by atoms with Gasteiger partial charge < -0.3 is 23.7 Å². The molecule has 0 aromatic heterocycles. The Morgan fingerprint density at radius 1 is 0.750 bits per heavy atom. The fourth-order valence-corrected chi connectivity index (χ4v) is 8.20. The predicted octanol–water partition coefficient (Wildman–Crippen LogP) is 12.2. The van der Waals surface area contributed by atoms with Gasteiger partial charge in [0.15, 0.2) is 0 Å².